The molecule has 0 spiro atoms. The lowest BCUT2D eigenvalue weighted by atomic mass is 10.0. The average Bonchev–Trinajstić information content (AvgIpc) is 3.25. The summed E-state index contributed by atoms with van der Waals surface area (Å²) in [4.78, 5) is 12.5. The van der Waals surface area contributed by atoms with Gasteiger partial charge in [0.15, 0.2) is 0 Å². The summed E-state index contributed by atoms with van der Waals surface area (Å²) in [5, 5.41) is 23.3. The van der Waals surface area contributed by atoms with Crippen molar-refractivity contribution < 1.29 is 15.0 Å². The van der Waals surface area contributed by atoms with Crippen LogP contribution in [0.15, 0.2) is 72.9 Å². The SMILES string of the molecule is CC/C=C\C/C=C\C/C=C\C/C=C\C/C=C\C/C=C\CCCCCCCCCCCCCCCCC(=O)NC(CO)C(O)CCCCCCCCCCCCCCCCC. The first-order valence-corrected chi connectivity index (χ1v) is 26.1. The molecule has 0 radical (unpaired) electrons. The maximum absolute atomic E-state index is 12.5. The molecule has 0 fully saturated rings. The monoisotopic (exact) mass is 836 g/mol. The Labute approximate surface area is 374 Å². The van der Waals surface area contributed by atoms with Gasteiger partial charge in [-0.05, 0) is 64.2 Å². The van der Waals surface area contributed by atoms with Crippen LogP contribution in [0.25, 0.3) is 0 Å². The van der Waals surface area contributed by atoms with Crippen molar-refractivity contribution in [3.8, 4) is 0 Å². The van der Waals surface area contributed by atoms with Gasteiger partial charge in [-0.1, -0.05) is 260 Å². The lowest BCUT2D eigenvalue weighted by molar-refractivity contribution is -0.123. The van der Waals surface area contributed by atoms with Crippen molar-refractivity contribution in [1.82, 2.24) is 5.32 Å². The lowest BCUT2D eigenvalue weighted by Crippen LogP contribution is -2.45. The number of aliphatic hydroxyl groups excluding tert-OH is 2. The molecule has 4 nitrogen and oxygen atoms in total. The van der Waals surface area contributed by atoms with E-state index in [0.717, 1.165) is 64.2 Å². The summed E-state index contributed by atoms with van der Waals surface area (Å²) >= 11 is 0. The number of aliphatic hydroxyl groups is 2. The third-order valence-electron chi connectivity index (χ3n) is 11.7. The highest BCUT2D eigenvalue weighted by molar-refractivity contribution is 5.76. The number of carbonyl (C=O) groups is 1. The summed E-state index contributed by atoms with van der Waals surface area (Å²) in [6.07, 6.45) is 72.9. The van der Waals surface area contributed by atoms with Crippen molar-refractivity contribution in [3.05, 3.63) is 72.9 Å². The smallest absolute Gasteiger partial charge is 0.220 e. The number of carbonyl (C=O) groups excluding carboxylic acids is 1. The molecule has 2 unspecified atom stereocenters. The Hall–Kier alpha value is -2.17. The van der Waals surface area contributed by atoms with Crippen LogP contribution in [0, 0.1) is 0 Å². The molecule has 4 heteroatoms. The molecule has 348 valence electrons. The van der Waals surface area contributed by atoms with Crippen LogP contribution < -0.4 is 5.32 Å². The molecule has 0 aromatic carbocycles. The Bertz CT molecular complexity index is 1040. The van der Waals surface area contributed by atoms with E-state index in [1.807, 2.05) is 0 Å². The van der Waals surface area contributed by atoms with Crippen molar-refractivity contribution in [1.29, 1.82) is 0 Å². The quantitative estimate of drug-likeness (QED) is 0.0422. The maximum atomic E-state index is 12.5. The molecule has 0 bridgehead atoms. The highest BCUT2D eigenvalue weighted by atomic mass is 16.3. The van der Waals surface area contributed by atoms with E-state index in [1.165, 1.54) is 167 Å². The number of amides is 1. The normalized spacial score (nSPS) is 13.5. The van der Waals surface area contributed by atoms with Gasteiger partial charge in [0, 0.05) is 6.42 Å². The zero-order chi connectivity index (χ0) is 43.5. The van der Waals surface area contributed by atoms with Crippen molar-refractivity contribution in [2.75, 3.05) is 6.61 Å². The fourth-order valence-electron chi connectivity index (χ4n) is 7.78. The van der Waals surface area contributed by atoms with E-state index in [1.54, 1.807) is 0 Å². The minimum absolute atomic E-state index is 0.0329. The van der Waals surface area contributed by atoms with Crippen LogP contribution in [-0.4, -0.2) is 34.9 Å². The summed E-state index contributed by atoms with van der Waals surface area (Å²) < 4.78 is 0. The molecule has 0 aliphatic rings. The molecule has 0 rings (SSSR count). The maximum Gasteiger partial charge on any atom is 0.220 e. The first kappa shape index (κ1) is 57.8. The molecule has 0 saturated heterocycles. The summed E-state index contributed by atoms with van der Waals surface area (Å²) in [5.41, 5.74) is 0. The number of hydrogen-bond acceptors (Lipinski definition) is 3. The Kier molecular flexibility index (Phi) is 49.3. The van der Waals surface area contributed by atoms with Crippen molar-refractivity contribution in [2.45, 2.75) is 270 Å². The molecular formula is C56H101NO3. The summed E-state index contributed by atoms with van der Waals surface area (Å²) in [5.74, 6) is -0.0329. The van der Waals surface area contributed by atoms with E-state index in [-0.39, 0.29) is 12.5 Å². The zero-order valence-electron chi connectivity index (χ0n) is 40.0. The van der Waals surface area contributed by atoms with Crippen molar-refractivity contribution in [2.24, 2.45) is 0 Å². The molecule has 3 N–H and O–H groups in total. The Morgan fingerprint density at radius 2 is 0.733 bits per heavy atom. The van der Waals surface area contributed by atoms with Gasteiger partial charge in [0.05, 0.1) is 18.8 Å². The molecule has 0 heterocycles. The Morgan fingerprint density at radius 1 is 0.417 bits per heavy atom. The van der Waals surface area contributed by atoms with E-state index in [9.17, 15) is 15.0 Å². The number of nitrogens with one attached hydrogen (secondary N) is 1. The Morgan fingerprint density at radius 3 is 1.10 bits per heavy atom. The van der Waals surface area contributed by atoms with Crippen LogP contribution in [0.3, 0.4) is 0 Å². The molecule has 0 aromatic heterocycles. The van der Waals surface area contributed by atoms with Gasteiger partial charge in [0.1, 0.15) is 0 Å². The van der Waals surface area contributed by atoms with E-state index >= 15 is 0 Å². The van der Waals surface area contributed by atoms with E-state index in [0.29, 0.717) is 12.8 Å². The fourth-order valence-corrected chi connectivity index (χ4v) is 7.78. The van der Waals surface area contributed by atoms with Gasteiger partial charge in [-0.15, -0.1) is 0 Å². The van der Waals surface area contributed by atoms with E-state index in [4.69, 9.17) is 0 Å². The molecule has 1 amide bonds. The molecule has 0 saturated carbocycles. The van der Waals surface area contributed by atoms with E-state index < -0.39 is 12.1 Å². The van der Waals surface area contributed by atoms with Crippen LogP contribution in [0.5, 0.6) is 0 Å². The molecule has 2 atom stereocenters. The first-order valence-electron chi connectivity index (χ1n) is 26.1. The molecule has 0 aliphatic heterocycles. The second-order valence-corrected chi connectivity index (χ2v) is 17.6. The third-order valence-corrected chi connectivity index (χ3v) is 11.7. The lowest BCUT2D eigenvalue weighted by Gasteiger charge is -2.22. The van der Waals surface area contributed by atoms with Crippen molar-refractivity contribution in [3.63, 3.8) is 0 Å². The second-order valence-electron chi connectivity index (χ2n) is 17.6. The fraction of sp³-hybridized carbons (Fsp3) is 0.768. The van der Waals surface area contributed by atoms with Gasteiger partial charge in [-0.3, -0.25) is 4.79 Å². The topological polar surface area (TPSA) is 69.6 Å². The number of allylic oxidation sites excluding steroid dienone is 12. The molecular weight excluding hydrogens is 735 g/mol. The van der Waals surface area contributed by atoms with Gasteiger partial charge < -0.3 is 15.5 Å². The van der Waals surface area contributed by atoms with Crippen LogP contribution in [0.1, 0.15) is 258 Å². The average molecular weight is 836 g/mol. The van der Waals surface area contributed by atoms with Crippen LogP contribution in [-0.2, 0) is 4.79 Å². The molecule has 0 aliphatic carbocycles. The second kappa shape index (κ2) is 51.2. The van der Waals surface area contributed by atoms with Crippen LogP contribution in [0.2, 0.25) is 0 Å². The van der Waals surface area contributed by atoms with Gasteiger partial charge in [-0.25, -0.2) is 0 Å². The summed E-state index contributed by atoms with van der Waals surface area (Å²) in [6, 6.07) is -0.539. The van der Waals surface area contributed by atoms with Gasteiger partial charge in [-0.2, -0.15) is 0 Å². The first-order chi connectivity index (χ1) is 29.7. The van der Waals surface area contributed by atoms with Gasteiger partial charge in [0.2, 0.25) is 5.91 Å². The third kappa shape index (κ3) is 46.9. The molecule has 0 aromatic rings. The van der Waals surface area contributed by atoms with Gasteiger partial charge >= 0.3 is 0 Å². The predicted molar refractivity (Wildman–Crippen MR) is 267 cm³/mol. The summed E-state index contributed by atoms with van der Waals surface area (Å²) in [6.45, 7) is 4.25. The largest absolute Gasteiger partial charge is 0.394 e. The predicted octanol–water partition coefficient (Wildman–Crippen LogP) is 17.0. The number of hydrogen-bond donors (Lipinski definition) is 3. The minimum Gasteiger partial charge on any atom is -0.394 e. The van der Waals surface area contributed by atoms with E-state index in [2.05, 4.69) is 92.1 Å². The van der Waals surface area contributed by atoms with Gasteiger partial charge in [0.25, 0.3) is 0 Å². The van der Waals surface area contributed by atoms with Crippen LogP contribution >= 0.6 is 0 Å². The minimum atomic E-state index is -0.662. The number of unbranched alkanes of at least 4 members (excludes halogenated alkanes) is 28. The summed E-state index contributed by atoms with van der Waals surface area (Å²) in [7, 11) is 0. The molecule has 60 heavy (non-hydrogen) atoms. The zero-order valence-corrected chi connectivity index (χ0v) is 40.0. The number of rotatable bonds is 47. The Balaban J connectivity index is 3.49. The highest BCUT2D eigenvalue weighted by Crippen LogP contribution is 2.16. The van der Waals surface area contributed by atoms with Crippen molar-refractivity contribution >= 4 is 5.91 Å². The highest BCUT2D eigenvalue weighted by Gasteiger charge is 2.20. The standard InChI is InChI=1S/C56H101NO3/c1-3-5-7-9-11-13-15-17-19-20-21-22-23-24-25-26-27-28-29-30-31-32-33-34-35-36-38-40-42-44-46-48-50-52-56(60)57-54(53-58)55(59)51-49-47-45-43-41-39-37-18-16-14-12-10-8-6-4-2/h5,7,11,13,17,19,21-22,24-25,27-28,54-55,58-59H,3-4,6,8-10,12,14-16,18,20,23,26,29-53H2,1-2H3,(H,57,60)/b7-5-,13-11-,19-17-,22-21-,25-24-,28-27-. The van der Waals surface area contributed by atoms with Crippen LogP contribution in [0.4, 0.5) is 0 Å².